The number of rotatable bonds is 8. The number of benzene rings is 8. The van der Waals surface area contributed by atoms with Gasteiger partial charge in [-0.1, -0.05) is 303 Å². The van der Waals surface area contributed by atoms with Crippen LogP contribution in [0.25, 0.3) is 11.1 Å². The van der Waals surface area contributed by atoms with E-state index in [1.807, 2.05) is 0 Å². The van der Waals surface area contributed by atoms with Gasteiger partial charge in [0.15, 0.2) is 0 Å². The van der Waals surface area contributed by atoms with Crippen LogP contribution in [-0.2, 0) is 0 Å². The van der Waals surface area contributed by atoms with Crippen LogP contribution >= 0.6 is 59.7 Å². The Hall–Kier alpha value is -2.80. The molecule has 9 rings (SSSR count). The van der Waals surface area contributed by atoms with Gasteiger partial charge < -0.3 is 0 Å². The molecule has 0 radical (unpaired) electrons. The third-order valence-corrected chi connectivity index (χ3v) is 66.2. The second kappa shape index (κ2) is 27.9. The molecule has 0 saturated carbocycles. The molecule has 1 fully saturated rings. The van der Waals surface area contributed by atoms with Crippen molar-refractivity contribution in [2.24, 2.45) is 0 Å². The van der Waals surface area contributed by atoms with Crippen molar-refractivity contribution in [3.63, 3.8) is 0 Å². The zero-order valence-electron chi connectivity index (χ0n) is 39.8. The lowest BCUT2D eigenvalue weighted by molar-refractivity contribution is 0.555. The largest absolute Gasteiger partial charge is 0.0862 e. The van der Waals surface area contributed by atoms with Crippen LogP contribution in [0.15, 0.2) is 237 Å². The van der Waals surface area contributed by atoms with Crippen molar-refractivity contribution in [2.75, 3.05) is 12.3 Å². The topological polar surface area (TPSA) is 0 Å². The van der Waals surface area contributed by atoms with Crippen molar-refractivity contribution in [1.82, 2.24) is 0 Å². The first-order valence-electron chi connectivity index (χ1n) is 25.1. The molecule has 8 atom stereocenters. The summed E-state index contributed by atoms with van der Waals surface area (Å²) in [6.07, 6.45) is 17.7. The third kappa shape index (κ3) is 14.0. The van der Waals surface area contributed by atoms with Gasteiger partial charge in [0, 0.05) is 0 Å². The van der Waals surface area contributed by atoms with E-state index in [-0.39, 0.29) is 0 Å². The minimum atomic E-state index is -0.765. The van der Waals surface area contributed by atoms with E-state index in [1.54, 1.807) is 37.1 Å². The van der Waals surface area contributed by atoms with Gasteiger partial charge in [-0.05, 0) is 125 Å². The van der Waals surface area contributed by atoms with E-state index in [2.05, 4.69) is 237 Å². The molecule has 1 aliphatic rings. The van der Waals surface area contributed by atoms with Crippen LogP contribution in [0, 0.1) is 0 Å². The molecule has 350 valence electrons. The average Bonchev–Trinajstić information content (AvgIpc) is 3.43. The Morgan fingerprint density at radius 2 is 0.536 bits per heavy atom. The Kier molecular flexibility index (Phi) is 20.6. The van der Waals surface area contributed by atoms with Crippen molar-refractivity contribution in [1.29, 1.82) is 0 Å². The summed E-state index contributed by atoms with van der Waals surface area (Å²) in [6, 6.07) is 93.7. The first-order valence-corrected chi connectivity index (χ1v) is 41.0. The smallest absolute Gasteiger partial charge is 0.00564 e. The predicted molar refractivity (Wildman–Crippen MR) is 325 cm³/mol. The maximum absolute atomic E-state index is 2.57. The van der Waals surface area contributed by atoms with E-state index < -0.39 is 51.4 Å². The summed E-state index contributed by atoms with van der Waals surface area (Å²) in [6.45, 7) is 0. The molecule has 69 heavy (non-hydrogen) atoms. The molecule has 1 aliphatic heterocycles. The predicted octanol–water partition coefficient (Wildman–Crippen LogP) is 18.7. The van der Waals surface area contributed by atoms with Gasteiger partial charge in [-0.25, -0.2) is 0 Å². The second-order valence-electron chi connectivity index (χ2n) is 17.6. The SMILES string of the molecule is c1ccc(-c2ccc(P3CCCCCCCCCCCCCPP(c4ccccc4)P(c4ccccc4)P(c4ccccc4)P(c4ccccc4)P(c4ccccc4)P3c3ccccc3)cc2)cc1. The summed E-state index contributed by atoms with van der Waals surface area (Å²) in [5.41, 5.74) is 2.61. The van der Waals surface area contributed by atoms with Crippen LogP contribution in [0.1, 0.15) is 70.6 Å². The Balaban J connectivity index is 1.32. The normalized spacial score (nSPS) is 23.0. The lowest BCUT2D eigenvalue weighted by atomic mass is 10.1. The first kappa shape index (κ1) is 51.1. The average molecular weight is 1050 g/mol. The van der Waals surface area contributed by atoms with E-state index in [0.717, 1.165) is 8.27 Å². The number of hydrogen-bond acceptors (Lipinski definition) is 0. The Labute approximate surface area is 424 Å². The minimum absolute atomic E-state index is 0.504. The molecule has 0 aliphatic carbocycles. The minimum Gasteiger partial charge on any atom is -0.0862 e. The molecule has 8 aromatic rings. The highest BCUT2D eigenvalue weighted by molar-refractivity contribution is 9.02. The Morgan fingerprint density at radius 3 is 0.971 bits per heavy atom. The summed E-state index contributed by atoms with van der Waals surface area (Å²) < 4.78 is 0. The van der Waals surface area contributed by atoms with E-state index in [1.165, 1.54) is 94.1 Å². The van der Waals surface area contributed by atoms with Crippen molar-refractivity contribution in [3.05, 3.63) is 237 Å². The van der Waals surface area contributed by atoms with E-state index in [9.17, 15) is 0 Å². The van der Waals surface area contributed by atoms with Gasteiger partial charge in [0.1, 0.15) is 0 Å². The van der Waals surface area contributed by atoms with Crippen LogP contribution in [0.5, 0.6) is 0 Å². The lowest BCUT2D eigenvalue weighted by Gasteiger charge is -2.47. The molecule has 0 spiro atoms. The lowest BCUT2D eigenvalue weighted by Crippen LogP contribution is -2.15. The van der Waals surface area contributed by atoms with Crippen molar-refractivity contribution >= 4 is 96.8 Å². The molecule has 0 bridgehead atoms. The molecule has 0 amide bonds. The van der Waals surface area contributed by atoms with Crippen molar-refractivity contribution < 1.29 is 0 Å². The third-order valence-electron chi connectivity index (χ3n) is 12.7. The molecule has 1 heterocycles. The van der Waals surface area contributed by atoms with Gasteiger partial charge in [-0.15, -0.1) is 0 Å². The van der Waals surface area contributed by atoms with E-state index in [4.69, 9.17) is 0 Å². The van der Waals surface area contributed by atoms with Crippen LogP contribution in [-0.4, -0.2) is 12.3 Å². The molecular formula is C61H66P8. The Bertz CT molecular complexity index is 2640. The summed E-state index contributed by atoms with van der Waals surface area (Å²) in [5, 5.41) is 11.2. The monoisotopic (exact) mass is 1050 g/mol. The summed E-state index contributed by atoms with van der Waals surface area (Å²) in [5.74, 6) is 0. The highest BCUT2D eigenvalue weighted by Gasteiger charge is 2.46. The van der Waals surface area contributed by atoms with Gasteiger partial charge in [-0.2, -0.15) is 0 Å². The van der Waals surface area contributed by atoms with Gasteiger partial charge in [0.25, 0.3) is 0 Å². The van der Waals surface area contributed by atoms with Crippen LogP contribution in [0.3, 0.4) is 0 Å². The fourth-order valence-electron chi connectivity index (χ4n) is 9.15. The van der Waals surface area contributed by atoms with Crippen molar-refractivity contribution in [2.45, 2.75) is 70.6 Å². The van der Waals surface area contributed by atoms with Crippen LogP contribution in [0.4, 0.5) is 0 Å². The zero-order valence-corrected chi connectivity index (χ0v) is 47.1. The standard InChI is InChI=1S/C61H66P8/c1-2-4-6-8-31-51-62-64(56-35-19-11-20-36-56)66(58-39-23-13-24-40-58)68(60-43-27-15-28-44-60)69(61-45-29-16-30-46-61)67(59-41-25-14-26-42-59)65(57-37-21-12-22-38-57)63(52-32-9-7-5-3-1)55-49-47-54(48-50-55)53-33-17-10-18-34-53/h10-30,33-50,62H,1-9,31-32,51-52H2. The summed E-state index contributed by atoms with van der Waals surface area (Å²) >= 11 is 0. The first-order chi connectivity index (χ1) is 34.3. The Morgan fingerprint density at radius 1 is 0.232 bits per heavy atom. The van der Waals surface area contributed by atoms with Gasteiger partial charge >= 0.3 is 0 Å². The molecule has 8 unspecified atom stereocenters. The van der Waals surface area contributed by atoms with E-state index >= 15 is 0 Å². The van der Waals surface area contributed by atoms with Gasteiger partial charge in [-0.3, -0.25) is 0 Å². The maximum atomic E-state index is 2.57. The number of hydrogen-bond donors (Lipinski definition) is 0. The maximum Gasteiger partial charge on any atom is -0.00564 e. The second-order valence-corrected chi connectivity index (χ2v) is 49.6. The quantitative estimate of drug-likeness (QED) is 0.133. The van der Waals surface area contributed by atoms with Gasteiger partial charge in [0.2, 0.25) is 0 Å². The zero-order chi connectivity index (χ0) is 46.7. The molecule has 0 nitrogen and oxygen atoms in total. The molecule has 1 saturated heterocycles. The highest BCUT2D eigenvalue weighted by Crippen LogP contribution is 3.09. The molecule has 8 aromatic carbocycles. The fourth-order valence-corrected chi connectivity index (χ4v) is 86.7. The van der Waals surface area contributed by atoms with Gasteiger partial charge in [0.05, 0.1) is 0 Å². The highest BCUT2D eigenvalue weighted by atomic mass is 32.9. The fraction of sp³-hybridized carbons (Fsp3) is 0.213. The molecular weight excluding hydrogens is 980 g/mol. The van der Waals surface area contributed by atoms with Crippen LogP contribution in [0.2, 0.25) is 0 Å². The van der Waals surface area contributed by atoms with Crippen molar-refractivity contribution in [3.8, 4) is 11.1 Å². The molecule has 0 aromatic heterocycles. The van der Waals surface area contributed by atoms with E-state index in [0.29, 0.717) is 0 Å². The molecule has 0 N–H and O–H groups in total. The summed E-state index contributed by atoms with van der Waals surface area (Å²) in [4.78, 5) is 0. The molecule has 8 heteroatoms. The summed E-state index contributed by atoms with van der Waals surface area (Å²) in [7, 11) is -3.75. The van der Waals surface area contributed by atoms with Crippen LogP contribution < -0.4 is 37.1 Å².